The summed E-state index contributed by atoms with van der Waals surface area (Å²) in [6.07, 6.45) is 0.890. The maximum atomic E-state index is 11.8. The van der Waals surface area contributed by atoms with Crippen LogP contribution < -0.4 is 5.32 Å². The van der Waals surface area contributed by atoms with Gasteiger partial charge in [0, 0.05) is 6.54 Å². The zero-order valence-corrected chi connectivity index (χ0v) is 11.3. The van der Waals surface area contributed by atoms with Crippen LogP contribution in [0.15, 0.2) is 24.3 Å². The third-order valence-electron chi connectivity index (χ3n) is 3.69. The van der Waals surface area contributed by atoms with Crippen molar-refractivity contribution in [2.24, 2.45) is 5.41 Å². The second-order valence-corrected chi connectivity index (χ2v) is 5.47. The van der Waals surface area contributed by atoms with Crippen LogP contribution in [0.4, 0.5) is 0 Å². The number of benzene rings is 1. The van der Waals surface area contributed by atoms with Crippen molar-refractivity contribution in [3.05, 3.63) is 35.4 Å². The Balaban J connectivity index is 1.92. The number of carboxylic acids is 1. The van der Waals surface area contributed by atoms with Crippen LogP contribution in [-0.4, -0.2) is 17.0 Å². The van der Waals surface area contributed by atoms with Gasteiger partial charge < -0.3 is 10.4 Å². The monoisotopic (exact) mass is 261 g/mol. The second-order valence-electron chi connectivity index (χ2n) is 5.47. The van der Waals surface area contributed by atoms with Gasteiger partial charge in [-0.2, -0.15) is 0 Å². The SMILES string of the molecule is CC(C)c1ccc(CNC(=O)C2(C(=O)O)CC2)cc1. The normalized spacial score (nSPS) is 16.2. The highest BCUT2D eigenvalue weighted by atomic mass is 16.4. The molecule has 2 N–H and O–H groups in total. The molecule has 1 fully saturated rings. The number of hydrogen-bond acceptors (Lipinski definition) is 2. The van der Waals surface area contributed by atoms with Crippen molar-refractivity contribution in [2.75, 3.05) is 0 Å². The highest BCUT2D eigenvalue weighted by molar-refractivity contribution is 6.04. The van der Waals surface area contributed by atoms with E-state index in [1.54, 1.807) is 0 Å². The van der Waals surface area contributed by atoms with Gasteiger partial charge in [-0.25, -0.2) is 0 Å². The molecule has 4 heteroatoms. The molecule has 2 rings (SSSR count). The van der Waals surface area contributed by atoms with Gasteiger partial charge in [-0.1, -0.05) is 38.1 Å². The molecule has 0 spiro atoms. The number of carbonyl (C=O) groups is 2. The number of aliphatic carboxylic acids is 1. The quantitative estimate of drug-likeness (QED) is 0.799. The molecule has 1 aliphatic rings. The van der Waals surface area contributed by atoms with Gasteiger partial charge in [0.25, 0.3) is 0 Å². The van der Waals surface area contributed by atoms with E-state index in [4.69, 9.17) is 5.11 Å². The minimum absolute atomic E-state index is 0.368. The molecule has 0 heterocycles. The lowest BCUT2D eigenvalue weighted by molar-refractivity contribution is -0.149. The van der Waals surface area contributed by atoms with E-state index in [1.165, 1.54) is 5.56 Å². The summed E-state index contributed by atoms with van der Waals surface area (Å²) in [7, 11) is 0. The molecule has 1 aromatic rings. The van der Waals surface area contributed by atoms with E-state index in [1.807, 2.05) is 24.3 Å². The molecular formula is C15H19NO3. The summed E-state index contributed by atoms with van der Waals surface area (Å²) in [6.45, 7) is 4.63. The van der Waals surface area contributed by atoms with Gasteiger partial charge in [-0.3, -0.25) is 9.59 Å². The average Bonchev–Trinajstić information content (AvgIpc) is 3.17. The Labute approximate surface area is 112 Å². The minimum atomic E-state index is -1.15. The first-order valence-electron chi connectivity index (χ1n) is 6.56. The van der Waals surface area contributed by atoms with Gasteiger partial charge in [-0.15, -0.1) is 0 Å². The predicted molar refractivity (Wildman–Crippen MR) is 71.7 cm³/mol. The molecular weight excluding hydrogens is 242 g/mol. The third-order valence-corrected chi connectivity index (χ3v) is 3.69. The molecule has 0 radical (unpaired) electrons. The van der Waals surface area contributed by atoms with Crippen LogP contribution in [0, 0.1) is 5.41 Å². The van der Waals surface area contributed by atoms with Crippen molar-refractivity contribution < 1.29 is 14.7 Å². The summed E-state index contributed by atoms with van der Waals surface area (Å²) in [6, 6.07) is 8.01. The Kier molecular flexibility index (Phi) is 3.60. The summed E-state index contributed by atoms with van der Waals surface area (Å²) in [5.41, 5.74) is 1.08. The van der Waals surface area contributed by atoms with Crippen molar-refractivity contribution in [3.63, 3.8) is 0 Å². The van der Waals surface area contributed by atoms with Crippen LogP contribution in [-0.2, 0) is 16.1 Å². The Morgan fingerprint density at radius 3 is 2.26 bits per heavy atom. The Hall–Kier alpha value is -1.84. The van der Waals surface area contributed by atoms with Crippen LogP contribution in [0.1, 0.15) is 43.7 Å². The Morgan fingerprint density at radius 2 is 1.84 bits per heavy atom. The van der Waals surface area contributed by atoms with Crippen molar-refractivity contribution in [2.45, 2.75) is 39.2 Å². The lowest BCUT2D eigenvalue weighted by atomic mass is 10.0. The van der Waals surface area contributed by atoms with Crippen LogP contribution in [0.25, 0.3) is 0 Å². The zero-order valence-electron chi connectivity index (χ0n) is 11.3. The van der Waals surface area contributed by atoms with Crippen molar-refractivity contribution in [1.82, 2.24) is 5.32 Å². The molecule has 102 valence electrons. The molecule has 1 saturated carbocycles. The summed E-state index contributed by atoms with van der Waals surface area (Å²) in [4.78, 5) is 22.8. The first kappa shape index (κ1) is 13.6. The van der Waals surface area contributed by atoms with E-state index in [0.29, 0.717) is 25.3 Å². The predicted octanol–water partition coefficient (Wildman–Crippen LogP) is 2.29. The summed E-state index contributed by atoms with van der Waals surface area (Å²) in [5, 5.41) is 11.7. The second kappa shape index (κ2) is 5.03. The zero-order chi connectivity index (χ0) is 14.0. The van der Waals surface area contributed by atoms with Crippen molar-refractivity contribution in [1.29, 1.82) is 0 Å². The van der Waals surface area contributed by atoms with Gasteiger partial charge >= 0.3 is 5.97 Å². The van der Waals surface area contributed by atoms with Gasteiger partial charge in [0.1, 0.15) is 5.41 Å². The molecule has 0 bridgehead atoms. The highest BCUT2D eigenvalue weighted by Gasteiger charge is 2.56. The standard InChI is InChI=1S/C15H19NO3/c1-10(2)12-5-3-11(4-6-12)9-16-13(17)15(7-8-15)14(18)19/h3-6,10H,7-9H2,1-2H3,(H,16,17)(H,18,19). The van der Waals surface area contributed by atoms with Crippen LogP contribution in [0.2, 0.25) is 0 Å². The Morgan fingerprint density at radius 1 is 1.26 bits per heavy atom. The largest absolute Gasteiger partial charge is 0.480 e. The fourth-order valence-electron chi connectivity index (χ4n) is 2.03. The van der Waals surface area contributed by atoms with Crippen molar-refractivity contribution in [3.8, 4) is 0 Å². The number of nitrogens with one attached hydrogen (secondary N) is 1. The lowest BCUT2D eigenvalue weighted by Crippen LogP contribution is -2.36. The lowest BCUT2D eigenvalue weighted by Gasteiger charge is -2.11. The minimum Gasteiger partial charge on any atom is -0.480 e. The molecule has 1 aliphatic carbocycles. The molecule has 1 aromatic carbocycles. The number of carbonyl (C=O) groups excluding carboxylic acids is 1. The molecule has 0 aromatic heterocycles. The smallest absolute Gasteiger partial charge is 0.319 e. The van der Waals surface area contributed by atoms with Crippen molar-refractivity contribution >= 4 is 11.9 Å². The van der Waals surface area contributed by atoms with Gasteiger partial charge in [0.05, 0.1) is 0 Å². The summed E-state index contributed by atoms with van der Waals surface area (Å²) < 4.78 is 0. The molecule has 1 amide bonds. The van der Waals surface area contributed by atoms with E-state index in [9.17, 15) is 9.59 Å². The van der Waals surface area contributed by atoms with Gasteiger partial charge in [-0.05, 0) is 29.9 Å². The molecule has 19 heavy (non-hydrogen) atoms. The van der Waals surface area contributed by atoms with E-state index in [0.717, 1.165) is 5.56 Å². The third kappa shape index (κ3) is 2.78. The fourth-order valence-corrected chi connectivity index (χ4v) is 2.03. The molecule has 0 atom stereocenters. The first-order valence-corrected chi connectivity index (χ1v) is 6.56. The summed E-state index contributed by atoms with van der Waals surface area (Å²) >= 11 is 0. The number of carboxylic acid groups (broad SMARTS) is 1. The molecule has 0 aliphatic heterocycles. The first-order chi connectivity index (χ1) is 8.95. The number of hydrogen-bond donors (Lipinski definition) is 2. The maximum Gasteiger partial charge on any atom is 0.319 e. The van der Waals surface area contributed by atoms with Crippen LogP contribution in [0.5, 0.6) is 0 Å². The molecule has 0 saturated heterocycles. The molecule has 4 nitrogen and oxygen atoms in total. The number of rotatable bonds is 5. The topological polar surface area (TPSA) is 66.4 Å². The highest BCUT2D eigenvalue weighted by Crippen LogP contribution is 2.46. The number of amides is 1. The van der Waals surface area contributed by atoms with E-state index in [-0.39, 0.29) is 5.91 Å². The van der Waals surface area contributed by atoms with E-state index in [2.05, 4.69) is 19.2 Å². The van der Waals surface area contributed by atoms with Crippen LogP contribution >= 0.6 is 0 Å². The summed E-state index contributed by atoms with van der Waals surface area (Å²) in [5.74, 6) is -0.904. The van der Waals surface area contributed by atoms with Gasteiger partial charge in [0.2, 0.25) is 5.91 Å². The maximum absolute atomic E-state index is 11.8. The van der Waals surface area contributed by atoms with Crippen LogP contribution in [0.3, 0.4) is 0 Å². The van der Waals surface area contributed by atoms with Gasteiger partial charge in [0.15, 0.2) is 0 Å². The van der Waals surface area contributed by atoms with E-state index >= 15 is 0 Å². The Bertz CT molecular complexity index is 487. The average molecular weight is 261 g/mol. The fraction of sp³-hybridized carbons (Fsp3) is 0.467. The van der Waals surface area contributed by atoms with E-state index < -0.39 is 11.4 Å². The molecule has 0 unspecified atom stereocenters.